The standard InChI is InChI=1S/C12H16ClF2N/c1-8(13)6-9(2)16-7-10-11(14)4-3-5-12(10)15/h3-5,8-9,16H,6-7H2,1-2H3. The Morgan fingerprint density at radius 3 is 2.31 bits per heavy atom. The summed E-state index contributed by atoms with van der Waals surface area (Å²) < 4.78 is 26.5. The molecule has 2 unspecified atom stereocenters. The predicted octanol–water partition coefficient (Wildman–Crippen LogP) is 3.46. The molecule has 0 aliphatic heterocycles. The van der Waals surface area contributed by atoms with Crippen molar-refractivity contribution in [3.63, 3.8) is 0 Å². The molecule has 16 heavy (non-hydrogen) atoms. The van der Waals surface area contributed by atoms with Crippen molar-refractivity contribution in [3.8, 4) is 0 Å². The van der Waals surface area contributed by atoms with Gasteiger partial charge in [0, 0.05) is 23.5 Å². The highest BCUT2D eigenvalue weighted by Gasteiger charge is 2.10. The molecule has 4 heteroatoms. The van der Waals surface area contributed by atoms with Crippen LogP contribution < -0.4 is 5.32 Å². The van der Waals surface area contributed by atoms with Crippen molar-refractivity contribution < 1.29 is 8.78 Å². The molecule has 0 amide bonds. The van der Waals surface area contributed by atoms with E-state index in [-0.39, 0.29) is 23.5 Å². The summed E-state index contributed by atoms with van der Waals surface area (Å²) in [6.07, 6.45) is 0.762. The number of hydrogen-bond donors (Lipinski definition) is 1. The maximum atomic E-state index is 13.3. The second-order valence-corrected chi connectivity index (χ2v) is 4.74. The molecule has 1 N–H and O–H groups in total. The third kappa shape index (κ3) is 4.06. The van der Waals surface area contributed by atoms with Gasteiger partial charge in [-0.15, -0.1) is 11.6 Å². The smallest absolute Gasteiger partial charge is 0.130 e. The Kier molecular flexibility index (Phi) is 5.16. The van der Waals surface area contributed by atoms with Crippen molar-refractivity contribution in [1.82, 2.24) is 5.32 Å². The van der Waals surface area contributed by atoms with Gasteiger partial charge in [0.2, 0.25) is 0 Å². The first-order chi connectivity index (χ1) is 7.50. The van der Waals surface area contributed by atoms with Crippen LogP contribution in [-0.4, -0.2) is 11.4 Å². The fourth-order valence-electron chi connectivity index (χ4n) is 1.55. The summed E-state index contributed by atoms with van der Waals surface area (Å²) >= 11 is 5.83. The average Bonchev–Trinajstić information content (AvgIpc) is 2.15. The molecule has 0 radical (unpaired) electrons. The highest BCUT2D eigenvalue weighted by Crippen LogP contribution is 2.12. The highest BCUT2D eigenvalue weighted by atomic mass is 35.5. The monoisotopic (exact) mass is 247 g/mol. The molecule has 90 valence electrons. The Bertz CT molecular complexity index is 322. The summed E-state index contributed by atoms with van der Waals surface area (Å²) in [5, 5.41) is 3.10. The normalized spacial score (nSPS) is 14.8. The molecule has 0 aliphatic rings. The summed E-state index contributed by atoms with van der Waals surface area (Å²) in [6, 6.07) is 4.01. The van der Waals surface area contributed by atoms with Crippen molar-refractivity contribution in [2.75, 3.05) is 0 Å². The Morgan fingerprint density at radius 1 is 1.25 bits per heavy atom. The first-order valence-electron chi connectivity index (χ1n) is 5.31. The predicted molar refractivity (Wildman–Crippen MR) is 62.6 cm³/mol. The summed E-state index contributed by atoms with van der Waals surface area (Å²) in [5.41, 5.74) is 0.0802. The van der Waals surface area contributed by atoms with E-state index in [9.17, 15) is 8.78 Å². The van der Waals surface area contributed by atoms with Crippen LogP contribution in [-0.2, 0) is 6.54 Å². The molecule has 0 saturated heterocycles. The molecule has 0 saturated carbocycles. The minimum Gasteiger partial charge on any atom is -0.310 e. The first-order valence-corrected chi connectivity index (χ1v) is 5.74. The topological polar surface area (TPSA) is 12.0 Å². The second kappa shape index (κ2) is 6.16. The zero-order valence-corrected chi connectivity index (χ0v) is 10.2. The molecule has 2 atom stereocenters. The molecule has 0 aromatic heterocycles. The molecule has 0 aliphatic carbocycles. The van der Waals surface area contributed by atoms with Crippen molar-refractivity contribution >= 4 is 11.6 Å². The lowest BCUT2D eigenvalue weighted by Gasteiger charge is -2.15. The molecule has 0 bridgehead atoms. The van der Waals surface area contributed by atoms with Gasteiger partial charge in [0.05, 0.1) is 0 Å². The largest absolute Gasteiger partial charge is 0.310 e. The molecular formula is C12H16ClF2N. The Labute approximate surface area is 99.8 Å². The van der Waals surface area contributed by atoms with Gasteiger partial charge < -0.3 is 5.32 Å². The van der Waals surface area contributed by atoms with Crippen molar-refractivity contribution in [1.29, 1.82) is 0 Å². The van der Waals surface area contributed by atoms with E-state index in [2.05, 4.69) is 5.32 Å². The molecule has 1 rings (SSSR count). The summed E-state index contributed by atoms with van der Waals surface area (Å²) in [5.74, 6) is -1.03. The minimum absolute atomic E-state index is 0.0490. The van der Waals surface area contributed by atoms with E-state index in [1.165, 1.54) is 18.2 Å². The number of alkyl halides is 1. The molecule has 0 spiro atoms. The molecular weight excluding hydrogens is 232 g/mol. The molecule has 0 heterocycles. The van der Waals surface area contributed by atoms with Crippen molar-refractivity contribution in [2.45, 2.75) is 38.2 Å². The van der Waals surface area contributed by atoms with Crippen LogP contribution in [0.25, 0.3) is 0 Å². The average molecular weight is 248 g/mol. The number of rotatable bonds is 5. The fourth-order valence-corrected chi connectivity index (χ4v) is 1.82. The van der Waals surface area contributed by atoms with Crippen LogP contribution in [0.2, 0.25) is 0 Å². The van der Waals surface area contributed by atoms with Gasteiger partial charge >= 0.3 is 0 Å². The van der Waals surface area contributed by atoms with E-state index >= 15 is 0 Å². The molecule has 0 fully saturated rings. The first kappa shape index (κ1) is 13.4. The highest BCUT2D eigenvalue weighted by molar-refractivity contribution is 6.20. The summed E-state index contributed by atoms with van der Waals surface area (Å²) in [6.45, 7) is 4.02. The van der Waals surface area contributed by atoms with E-state index in [0.717, 1.165) is 6.42 Å². The molecule has 1 aromatic rings. The van der Waals surface area contributed by atoms with Crippen LogP contribution in [0, 0.1) is 11.6 Å². The number of hydrogen-bond acceptors (Lipinski definition) is 1. The summed E-state index contributed by atoms with van der Waals surface area (Å²) in [7, 11) is 0. The van der Waals surface area contributed by atoms with Crippen LogP contribution >= 0.6 is 11.6 Å². The van der Waals surface area contributed by atoms with Crippen LogP contribution in [0.3, 0.4) is 0 Å². The Morgan fingerprint density at radius 2 is 1.81 bits per heavy atom. The molecule has 1 nitrogen and oxygen atoms in total. The number of halogens is 3. The quantitative estimate of drug-likeness (QED) is 0.786. The van der Waals surface area contributed by atoms with Crippen molar-refractivity contribution in [2.24, 2.45) is 0 Å². The third-order valence-corrected chi connectivity index (χ3v) is 2.55. The maximum Gasteiger partial charge on any atom is 0.130 e. The van der Waals surface area contributed by atoms with E-state index in [0.29, 0.717) is 0 Å². The van der Waals surface area contributed by atoms with Gasteiger partial charge in [0.15, 0.2) is 0 Å². The van der Waals surface area contributed by atoms with Crippen LogP contribution in [0.15, 0.2) is 18.2 Å². The lowest BCUT2D eigenvalue weighted by Crippen LogP contribution is -2.28. The number of benzene rings is 1. The fraction of sp³-hybridized carbons (Fsp3) is 0.500. The lowest BCUT2D eigenvalue weighted by atomic mass is 10.1. The van der Waals surface area contributed by atoms with Crippen molar-refractivity contribution in [3.05, 3.63) is 35.4 Å². The van der Waals surface area contributed by atoms with Crippen LogP contribution in [0.4, 0.5) is 8.78 Å². The van der Waals surface area contributed by atoms with Gasteiger partial charge in [-0.2, -0.15) is 0 Å². The Hall–Kier alpha value is -0.670. The van der Waals surface area contributed by atoms with Crippen LogP contribution in [0.5, 0.6) is 0 Å². The SMILES string of the molecule is CC(Cl)CC(C)NCc1c(F)cccc1F. The van der Waals surface area contributed by atoms with Gasteiger partial charge in [-0.1, -0.05) is 6.07 Å². The maximum absolute atomic E-state index is 13.3. The van der Waals surface area contributed by atoms with E-state index in [1.807, 2.05) is 13.8 Å². The third-order valence-electron chi connectivity index (χ3n) is 2.37. The molecule has 1 aromatic carbocycles. The van der Waals surface area contributed by atoms with Gasteiger partial charge in [0.1, 0.15) is 11.6 Å². The second-order valence-electron chi connectivity index (χ2n) is 4.00. The zero-order valence-electron chi connectivity index (χ0n) is 9.43. The lowest BCUT2D eigenvalue weighted by molar-refractivity contribution is 0.480. The van der Waals surface area contributed by atoms with Gasteiger partial charge in [-0.3, -0.25) is 0 Å². The van der Waals surface area contributed by atoms with E-state index in [1.54, 1.807) is 0 Å². The van der Waals surface area contributed by atoms with Gasteiger partial charge in [-0.25, -0.2) is 8.78 Å². The number of nitrogens with one attached hydrogen (secondary N) is 1. The van der Waals surface area contributed by atoms with E-state index in [4.69, 9.17) is 11.6 Å². The van der Waals surface area contributed by atoms with Gasteiger partial charge in [-0.05, 0) is 32.4 Å². The minimum atomic E-state index is -0.515. The van der Waals surface area contributed by atoms with Gasteiger partial charge in [0.25, 0.3) is 0 Å². The van der Waals surface area contributed by atoms with Crippen LogP contribution in [0.1, 0.15) is 25.8 Å². The summed E-state index contributed by atoms with van der Waals surface area (Å²) in [4.78, 5) is 0. The van der Waals surface area contributed by atoms with E-state index < -0.39 is 11.6 Å². The zero-order chi connectivity index (χ0) is 12.1. The Balaban J connectivity index is 2.54.